The van der Waals surface area contributed by atoms with E-state index in [-0.39, 0.29) is 11.2 Å². The number of carbonyl (C=O) groups is 1. The highest BCUT2D eigenvalue weighted by atomic mass is 32.1. The highest BCUT2D eigenvalue weighted by molar-refractivity contribution is 7.81. The van der Waals surface area contributed by atoms with Crippen molar-refractivity contribution in [1.29, 1.82) is 0 Å². The van der Waals surface area contributed by atoms with Crippen molar-refractivity contribution in [3.05, 3.63) is 46.5 Å². The lowest BCUT2D eigenvalue weighted by molar-refractivity contribution is -0.115. The monoisotopic (exact) mass is 292 g/mol. The largest absolute Gasteiger partial charge is 0.301 e. The first kappa shape index (κ1) is 14.1. The van der Waals surface area contributed by atoms with Crippen molar-refractivity contribution in [2.24, 2.45) is 0 Å². The molecule has 19 heavy (non-hydrogen) atoms. The van der Waals surface area contributed by atoms with E-state index in [1.807, 2.05) is 44.2 Å². The number of nitrogens with one attached hydrogen (secondary N) is 1. The molecule has 0 aliphatic rings. The van der Waals surface area contributed by atoms with Gasteiger partial charge in [0.15, 0.2) is 5.13 Å². The number of hydrogen-bond acceptors (Lipinski definition) is 4. The van der Waals surface area contributed by atoms with Gasteiger partial charge in [-0.1, -0.05) is 30.3 Å². The van der Waals surface area contributed by atoms with E-state index in [1.165, 1.54) is 11.3 Å². The van der Waals surface area contributed by atoms with Crippen molar-refractivity contribution in [1.82, 2.24) is 4.98 Å². The third-order valence-corrected chi connectivity index (χ3v) is 4.24. The zero-order valence-electron chi connectivity index (χ0n) is 10.9. The first-order chi connectivity index (χ1) is 9.06. The summed E-state index contributed by atoms with van der Waals surface area (Å²) in [7, 11) is 0. The van der Waals surface area contributed by atoms with Crippen LogP contribution >= 0.6 is 24.0 Å². The Bertz CT molecular complexity index is 547. The molecule has 0 aliphatic carbocycles. The lowest BCUT2D eigenvalue weighted by atomic mass is 10.1. The van der Waals surface area contributed by atoms with Gasteiger partial charge in [0.2, 0.25) is 5.91 Å². The minimum Gasteiger partial charge on any atom is -0.301 e. The topological polar surface area (TPSA) is 42.0 Å². The molecule has 1 aromatic carbocycles. The Kier molecular flexibility index (Phi) is 4.61. The van der Waals surface area contributed by atoms with Gasteiger partial charge in [-0.15, -0.1) is 11.3 Å². The number of thiol groups is 1. The van der Waals surface area contributed by atoms with Gasteiger partial charge in [0.25, 0.3) is 0 Å². The van der Waals surface area contributed by atoms with E-state index in [2.05, 4.69) is 22.9 Å². The number of amides is 1. The van der Waals surface area contributed by atoms with Crippen molar-refractivity contribution < 1.29 is 4.79 Å². The molecule has 0 saturated heterocycles. The van der Waals surface area contributed by atoms with Crippen LogP contribution in [0, 0.1) is 13.8 Å². The van der Waals surface area contributed by atoms with Crippen molar-refractivity contribution in [2.75, 3.05) is 5.32 Å². The number of thiazole rings is 1. The molecule has 3 nitrogen and oxygen atoms in total. The maximum absolute atomic E-state index is 12.0. The number of carbonyl (C=O) groups excluding carboxylic acids is 1. The zero-order valence-corrected chi connectivity index (χ0v) is 12.6. The Labute approximate surface area is 122 Å². The summed E-state index contributed by atoms with van der Waals surface area (Å²) >= 11 is 5.85. The van der Waals surface area contributed by atoms with Crippen molar-refractivity contribution >= 4 is 35.0 Å². The molecule has 0 fully saturated rings. The Hall–Kier alpha value is -1.33. The van der Waals surface area contributed by atoms with E-state index in [4.69, 9.17) is 0 Å². The second kappa shape index (κ2) is 6.21. The van der Waals surface area contributed by atoms with E-state index in [0.29, 0.717) is 11.6 Å². The van der Waals surface area contributed by atoms with Crippen LogP contribution in [-0.4, -0.2) is 16.1 Å². The zero-order chi connectivity index (χ0) is 13.8. The second-order valence-corrected chi connectivity index (χ2v) is 6.18. The summed E-state index contributed by atoms with van der Waals surface area (Å²) < 4.78 is 0. The average molecular weight is 292 g/mol. The predicted molar refractivity (Wildman–Crippen MR) is 83.1 cm³/mol. The van der Waals surface area contributed by atoms with Crippen LogP contribution in [0.3, 0.4) is 0 Å². The van der Waals surface area contributed by atoms with Gasteiger partial charge in [-0.05, 0) is 25.8 Å². The van der Waals surface area contributed by atoms with Gasteiger partial charge >= 0.3 is 0 Å². The first-order valence-electron chi connectivity index (χ1n) is 6.03. The molecule has 100 valence electrons. The smallest absolute Gasteiger partial charge is 0.239 e. The number of hydrogen-bond donors (Lipinski definition) is 2. The van der Waals surface area contributed by atoms with Gasteiger partial charge in [-0.25, -0.2) is 4.98 Å². The summed E-state index contributed by atoms with van der Waals surface area (Å²) in [6, 6.07) is 9.86. The van der Waals surface area contributed by atoms with Gasteiger partial charge in [0.1, 0.15) is 0 Å². The Morgan fingerprint density at radius 3 is 2.63 bits per heavy atom. The molecule has 0 aliphatic heterocycles. The highest BCUT2D eigenvalue weighted by Crippen LogP contribution is 2.21. The maximum atomic E-state index is 12.0. The lowest BCUT2D eigenvalue weighted by Crippen LogP contribution is -2.25. The molecule has 1 unspecified atom stereocenters. The van der Waals surface area contributed by atoms with Crippen LogP contribution in [0.15, 0.2) is 30.3 Å². The molecule has 1 N–H and O–H groups in total. The van der Waals surface area contributed by atoms with E-state index < -0.39 is 0 Å². The molecule has 0 spiro atoms. The molecule has 0 radical (unpaired) electrons. The van der Waals surface area contributed by atoms with Gasteiger partial charge in [0.05, 0.1) is 10.9 Å². The summed E-state index contributed by atoms with van der Waals surface area (Å²) in [6.07, 6.45) is 0.610. The van der Waals surface area contributed by atoms with Gasteiger partial charge in [0, 0.05) is 4.88 Å². The molecule has 1 atom stereocenters. The fourth-order valence-electron chi connectivity index (χ4n) is 1.64. The molecule has 1 heterocycles. The number of anilines is 1. The Morgan fingerprint density at radius 2 is 2.05 bits per heavy atom. The molecular formula is C14H16N2OS2. The van der Waals surface area contributed by atoms with E-state index >= 15 is 0 Å². The normalized spacial score (nSPS) is 12.2. The SMILES string of the molecule is Cc1nc(NC(=O)C(S)Cc2ccccc2)sc1C. The Morgan fingerprint density at radius 1 is 1.37 bits per heavy atom. The number of nitrogens with zero attached hydrogens (tertiary/aromatic N) is 1. The van der Waals surface area contributed by atoms with Crippen LogP contribution in [0.5, 0.6) is 0 Å². The molecule has 0 bridgehead atoms. The molecule has 1 amide bonds. The average Bonchev–Trinajstić information content (AvgIpc) is 2.69. The van der Waals surface area contributed by atoms with Crippen molar-refractivity contribution in [3.63, 3.8) is 0 Å². The van der Waals surface area contributed by atoms with E-state index in [9.17, 15) is 4.79 Å². The third-order valence-electron chi connectivity index (χ3n) is 2.83. The Balaban J connectivity index is 1.96. The molecule has 0 saturated carbocycles. The minimum absolute atomic E-state index is 0.110. The molecule has 1 aromatic heterocycles. The van der Waals surface area contributed by atoms with Crippen molar-refractivity contribution in [3.8, 4) is 0 Å². The van der Waals surface area contributed by atoms with E-state index in [1.54, 1.807) is 0 Å². The number of aryl methyl sites for hydroxylation is 2. The standard InChI is InChI=1S/C14H16N2OS2/c1-9-10(2)19-14(15-9)16-13(17)12(18)8-11-6-4-3-5-7-11/h3-7,12,18H,8H2,1-2H3,(H,15,16,17). The number of rotatable bonds is 4. The molecule has 2 rings (SSSR count). The third kappa shape index (κ3) is 3.81. The first-order valence-corrected chi connectivity index (χ1v) is 7.36. The van der Waals surface area contributed by atoms with Crippen LogP contribution in [0.25, 0.3) is 0 Å². The summed E-state index contributed by atoms with van der Waals surface area (Å²) in [5.74, 6) is -0.110. The minimum atomic E-state index is -0.369. The number of benzene rings is 1. The highest BCUT2D eigenvalue weighted by Gasteiger charge is 2.16. The van der Waals surface area contributed by atoms with Crippen LogP contribution in [0.4, 0.5) is 5.13 Å². The summed E-state index contributed by atoms with van der Waals surface area (Å²) in [5, 5.41) is 3.09. The summed E-state index contributed by atoms with van der Waals surface area (Å²) in [4.78, 5) is 17.4. The maximum Gasteiger partial charge on any atom is 0.239 e. The predicted octanol–water partition coefficient (Wildman–Crippen LogP) is 3.24. The molecular weight excluding hydrogens is 276 g/mol. The van der Waals surface area contributed by atoms with Gasteiger partial charge in [-0.3, -0.25) is 4.79 Å². The van der Waals surface area contributed by atoms with Crippen LogP contribution in [0.1, 0.15) is 16.1 Å². The fourth-order valence-corrected chi connectivity index (χ4v) is 2.74. The molecule has 5 heteroatoms. The van der Waals surface area contributed by atoms with Gasteiger partial charge in [-0.2, -0.15) is 12.6 Å². The lowest BCUT2D eigenvalue weighted by Gasteiger charge is -2.09. The summed E-state index contributed by atoms with van der Waals surface area (Å²) in [6.45, 7) is 3.93. The van der Waals surface area contributed by atoms with E-state index in [0.717, 1.165) is 16.1 Å². The van der Waals surface area contributed by atoms with Crippen LogP contribution < -0.4 is 5.32 Å². The van der Waals surface area contributed by atoms with Crippen LogP contribution in [0.2, 0.25) is 0 Å². The van der Waals surface area contributed by atoms with Crippen LogP contribution in [-0.2, 0) is 11.2 Å². The number of aromatic nitrogens is 1. The quantitative estimate of drug-likeness (QED) is 0.850. The molecule has 2 aromatic rings. The second-order valence-electron chi connectivity index (χ2n) is 4.36. The fraction of sp³-hybridized carbons (Fsp3) is 0.286. The van der Waals surface area contributed by atoms with Gasteiger partial charge < -0.3 is 5.32 Å². The van der Waals surface area contributed by atoms with Crippen molar-refractivity contribution in [2.45, 2.75) is 25.5 Å². The summed E-state index contributed by atoms with van der Waals surface area (Å²) in [5.41, 5.74) is 2.06.